The quantitative estimate of drug-likeness (QED) is 0.448. The molecule has 1 N–H and O–H groups in total. The largest absolute Gasteiger partial charge is 0.481 e. The van der Waals surface area contributed by atoms with E-state index in [0.717, 1.165) is 11.8 Å². The molecular formula is C6H7N3O4S. The fourth-order valence-electron chi connectivity index (χ4n) is 0.841. The summed E-state index contributed by atoms with van der Waals surface area (Å²) in [5.41, 5.74) is 0. The molecule has 76 valence electrons. The van der Waals surface area contributed by atoms with Gasteiger partial charge in [0.25, 0.3) is 0 Å². The van der Waals surface area contributed by atoms with E-state index < -0.39 is 10.9 Å². The van der Waals surface area contributed by atoms with Crippen molar-refractivity contribution < 1.29 is 14.8 Å². The van der Waals surface area contributed by atoms with Crippen molar-refractivity contribution in [3.8, 4) is 0 Å². The van der Waals surface area contributed by atoms with Gasteiger partial charge < -0.3 is 15.2 Å². The Kier molecular flexibility index (Phi) is 3.07. The number of aromatic nitrogens is 2. The molecule has 0 aliphatic carbocycles. The molecule has 1 rings (SSSR count). The number of imidazole rings is 1. The van der Waals surface area contributed by atoms with Crippen LogP contribution in [-0.4, -0.2) is 31.3 Å². The monoisotopic (exact) mass is 217 g/mol. The fraction of sp³-hybridized carbons (Fsp3) is 0.333. The Labute approximate surface area is 82.9 Å². The lowest BCUT2D eigenvalue weighted by Crippen LogP contribution is -2.00. The van der Waals surface area contributed by atoms with Crippen molar-refractivity contribution in [1.82, 2.24) is 9.55 Å². The van der Waals surface area contributed by atoms with Crippen LogP contribution < -0.4 is 0 Å². The van der Waals surface area contributed by atoms with E-state index in [1.54, 1.807) is 0 Å². The number of rotatable bonds is 4. The summed E-state index contributed by atoms with van der Waals surface area (Å²) >= 11 is 0.831. The van der Waals surface area contributed by atoms with Crippen LogP contribution in [0.3, 0.4) is 0 Å². The van der Waals surface area contributed by atoms with E-state index in [9.17, 15) is 14.9 Å². The number of hydrogen-bond donors (Lipinski definition) is 1. The number of nitro groups is 1. The van der Waals surface area contributed by atoms with Crippen molar-refractivity contribution in [1.29, 1.82) is 0 Å². The molecule has 0 aliphatic rings. The molecular weight excluding hydrogens is 210 g/mol. The Morgan fingerprint density at radius 2 is 2.50 bits per heavy atom. The highest BCUT2D eigenvalue weighted by atomic mass is 32.2. The lowest BCUT2D eigenvalue weighted by Gasteiger charge is -1.96. The summed E-state index contributed by atoms with van der Waals surface area (Å²) in [6.45, 7) is 0. The molecule has 14 heavy (non-hydrogen) atoms. The molecule has 1 aromatic rings. The first-order valence-electron chi connectivity index (χ1n) is 3.52. The van der Waals surface area contributed by atoms with Crippen LogP contribution >= 0.6 is 11.8 Å². The highest BCUT2D eigenvalue weighted by Crippen LogP contribution is 2.26. The molecule has 0 unspecified atom stereocenters. The van der Waals surface area contributed by atoms with Gasteiger partial charge in [0.05, 0.1) is 12.8 Å². The van der Waals surface area contributed by atoms with Crippen molar-refractivity contribution in [2.24, 2.45) is 7.05 Å². The van der Waals surface area contributed by atoms with Gasteiger partial charge in [-0.05, 0) is 4.92 Å². The smallest absolute Gasteiger partial charge is 0.356 e. The number of carbonyl (C=O) groups is 1. The summed E-state index contributed by atoms with van der Waals surface area (Å²) in [6, 6.07) is 0. The van der Waals surface area contributed by atoms with E-state index in [4.69, 9.17) is 5.11 Å². The normalized spacial score (nSPS) is 10.1. The molecule has 0 aromatic carbocycles. The van der Waals surface area contributed by atoms with Crippen LogP contribution in [0.15, 0.2) is 11.4 Å². The average molecular weight is 217 g/mol. The van der Waals surface area contributed by atoms with Crippen LogP contribution in [0.2, 0.25) is 0 Å². The molecule has 0 saturated heterocycles. The number of nitrogens with zero attached hydrogens (tertiary/aromatic N) is 3. The maximum atomic E-state index is 10.5. The molecule has 0 atom stereocenters. The number of thioether (sulfide) groups is 1. The predicted octanol–water partition coefficient (Wildman–Crippen LogP) is 0.505. The van der Waals surface area contributed by atoms with E-state index >= 15 is 0 Å². The van der Waals surface area contributed by atoms with Crippen molar-refractivity contribution in [2.75, 3.05) is 5.75 Å². The first-order valence-corrected chi connectivity index (χ1v) is 4.51. The number of aryl methyl sites for hydroxylation is 1. The van der Waals surface area contributed by atoms with Crippen LogP contribution in [0.1, 0.15) is 0 Å². The topological polar surface area (TPSA) is 98.3 Å². The second kappa shape index (κ2) is 4.09. The number of aliphatic carboxylic acids is 1. The third kappa shape index (κ3) is 2.22. The summed E-state index contributed by atoms with van der Waals surface area (Å²) in [7, 11) is 1.48. The van der Waals surface area contributed by atoms with Gasteiger partial charge in [-0.1, -0.05) is 11.8 Å². The summed E-state index contributed by atoms with van der Waals surface area (Å²) in [6.07, 6.45) is 1.28. The molecule has 0 spiro atoms. The van der Waals surface area contributed by atoms with E-state index in [1.807, 2.05) is 0 Å². The van der Waals surface area contributed by atoms with Crippen molar-refractivity contribution in [3.05, 3.63) is 16.4 Å². The summed E-state index contributed by atoms with van der Waals surface area (Å²) in [4.78, 5) is 23.9. The van der Waals surface area contributed by atoms with E-state index in [-0.39, 0.29) is 16.6 Å². The van der Waals surface area contributed by atoms with Crippen molar-refractivity contribution in [3.63, 3.8) is 0 Å². The number of hydrogen-bond acceptors (Lipinski definition) is 5. The Hall–Kier alpha value is -1.57. The van der Waals surface area contributed by atoms with E-state index in [1.165, 1.54) is 17.9 Å². The molecule has 1 aromatic heterocycles. The Bertz CT molecular complexity index is 375. The van der Waals surface area contributed by atoms with Crippen LogP contribution in [0.5, 0.6) is 0 Å². The van der Waals surface area contributed by atoms with E-state index in [2.05, 4.69) is 4.98 Å². The van der Waals surface area contributed by atoms with Crippen LogP contribution in [-0.2, 0) is 11.8 Å². The highest BCUT2D eigenvalue weighted by Gasteiger charge is 2.20. The maximum absolute atomic E-state index is 10.5. The third-order valence-electron chi connectivity index (χ3n) is 1.38. The van der Waals surface area contributed by atoms with Gasteiger partial charge in [0.1, 0.15) is 0 Å². The van der Waals surface area contributed by atoms with Crippen LogP contribution in [0, 0.1) is 10.1 Å². The highest BCUT2D eigenvalue weighted by molar-refractivity contribution is 8.00. The van der Waals surface area contributed by atoms with E-state index in [0.29, 0.717) is 0 Å². The van der Waals surface area contributed by atoms with Crippen molar-refractivity contribution in [2.45, 2.75) is 5.03 Å². The second-order valence-electron chi connectivity index (χ2n) is 2.42. The van der Waals surface area contributed by atoms with Gasteiger partial charge in [0.2, 0.25) is 0 Å². The van der Waals surface area contributed by atoms with Gasteiger partial charge in [0.15, 0.2) is 11.4 Å². The molecule has 0 fully saturated rings. The van der Waals surface area contributed by atoms with Gasteiger partial charge in [-0.15, -0.1) is 0 Å². The molecule has 0 bridgehead atoms. The molecule has 0 radical (unpaired) electrons. The minimum atomic E-state index is -1.03. The van der Waals surface area contributed by atoms with Gasteiger partial charge in [0, 0.05) is 0 Å². The molecule has 8 heteroatoms. The average Bonchev–Trinajstić information content (AvgIpc) is 2.43. The fourth-order valence-corrected chi connectivity index (χ4v) is 1.57. The molecule has 7 nitrogen and oxygen atoms in total. The van der Waals surface area contributed by atoms with Gasteiger partial charge >= 0.3 is 11.8 Å². The molecule has 0 amide bonds. The summed E-state index contributed by atoms with van der Waals surface area (Å²) < 4.78 is 1.24. The number of carboxylic acid groups (broad SMARTS) is 1. The maximum Gasteiger partial charge on any atom is 0.356 e. The number of carboxylic acids is 1. The Morgan fingerprint density at radius 3 is 3.00 bits per heavy atom. The first-order chi connectivity index (χ1) is 6.52. The van der Waals surface area contributed by atoms with Crippen molar-refractivity contribution >= 4 is 23.5 Å². The minimum Gasteiger partial charge on any atom is -0.481 e. The zero-order valence-corrected chi connectivity index (χ0v) is 8.02. The zero-order valence-electron chi connectivity index (χ0n) is 7.21. The molecule has 1 heterocycles. The van der Waals surface area contributed by atoms with Crippen LogP contribution in [0.4, 0.5) is 5.82 Å². The standard InChI is InChI=1S/C6H7N3O4S/c1-8-3-7-5(6(8)9(12)13)14-2-4(10)11/h3H,2H2,1H3,(H,10,11). The lowest BCUT2D eigenvalue weighted by molar-refractivity contribution is -0.394. The lowest BCUT2D eigenvalue weighted by atomic mass is 10.7. The molecule has 0 saturated carbocycles. The Balaban J connectivity index is 2.86. The second-order valence-corrected chi connectivity index (χ2v) is 3.39. The summed E-state index contributed by atoms with van der Waals surface area (Å²) in [5, 5.41) is 19.0. The van der Waals surface area contributed by atoms with Crippen LogP contribution in [0.25, 0.3) is 0 Å². The SMILES string of the molecule is Cn1cnc(SCC(=O)O)c1[N+](=O)[O-]. The molecule has 0 aliphatic heterocycles. The van der Waals surface area contributed by atoms with Gasteiger partial charge in [-0.25, -0.2) is 9.55 Å². The predicted molar refractivity (Wildman–Crippen MR) is 48.2 cm³/mol. The summed E-state index contributed by atoms with van der Waals surface area (Å²) in [5.74, 6) is -1.45. The third-order valence-corrected chi connectivity index (χ3v) is 2.33. The first kappa shape index (κ1) is 10.5. The van der Waals surface area contributed by atoms with Gasteiger partial charge in [-0.3, -0.25) is 4.79 Å². The Morgan fingerprint density at radius 1 is 1.86 bits per heavy atom. The van der Waals surface area contributed by atoms with Gasteiger partial charge in [-0.2, -0.15) is 0 Å². The zero-order chi connectivity index (χ0) is 10.7. The minimum absolute atomic E-state index is 0.125.